The van der Waals surface area contributed by atoms with Crippen molar-refractivity contribution in [2.24, 2.45) is 0 Å². The zero-order valence-electron chi connectivity index (χ0n) is 9.77. The van der Waals surface area contributed by atoms with Gasteiger partial charge in [-0.2, -0.15) is 0 Å². The molecule has 0 bridgehead atoms. The van der Waals surface area contributed by atoms with Crippen molar-refractivity contribution in [3.8, 4) is 0 Å². The molecule has 0 saturated heterocycles. The Balaban J connectivity index is 1.94. The molecule has 1 aromatic rings. The molecule has 2 rings (SSSR count). The van der Waals surface area contributed by atoms with Gasteiger partial charge < -0.3 is 14.8 Å². The molecule has 1 aliphatic carbocycles. The van der Waals surface area contributed by atoms with Gasteiger partial charge in [0.25, 0.3) is 0 Å². The van der Waals surface area contributed by atoms with E-state index >= 15 is 0 Å². The monoisotopic (exact) mass is 208 g/mol. The average molecular weight is 208 g/mol. The molecule has 1 aromatic heterocycles. The third-order valence-corrected chi connectivity index (χ3v) is 2.62. The first-order valence-electron chi connectivity index (χ1n) is 5.61. The molecule has 0 aliphatic heterocycles. The standard InChI is InChI=1S/C11H20N4/c1-9(8-14(2)3)13-11-12-6-7-15(11)10-4-5-10/h6-7,9-10H,4-5,8H2,1-3H3,(H,12,13). The van der Waals surface area contributed by atoms with Crippen molar-refractivity contribution in [3.63, 3.8) is 0 Å². The minimum atomic E-state index is 0.430. The summed E-state index contributed by atoms with van der Waals surface area (Å²) in [5.74, 6) is 1.02. The van der Waals surface area contributed by atoms with E-state index in [2.05, 4.69) is 47.0 Å². The maximum absolute atomic E-state index is 4.36. The predicted molar refractivity (Wildman–Crippen MR) is 62.1 cm³/mol. The molecule has 1 unspecified atom stereocenters. The number of anilines is 1. The second-order valence-electron chi connectivity index (χ2n) is 4.70. The highest BCUT2D eigenvalue weighted by molar-refractivity contribution is 5.29. The Labute approximate surface area is 91.3 Å². The lowest BCUT2D eigenvalue weighted by Gasteiger charge is -2.19. The van der Waals surface area contributed by atoms with Crippen LogP contribution >= 0.6 is 0 Å². The molecule has 1 N–H and O–H groups in total. The van der Waals surface area contributed by atoms with Crippen LogP contribution in [0.2, 0.25) is 0 Å². The summed E-state index contributed by atoms with van der Waals surface area (Å²) in [5, 5.41) is 3.45. The van der Waals surface area contributed by atoms with Crippen LogP contribution in [0.5, 0.6) is 0 Å². The Morgan fingerprint density at radius 2 is 2.33 bits per heavy atom. The van der Waals surface area contributed by atoms with Gasteiger partial charge in [0.1, 0.15) is 0 Å². The summed E-state index contributed by atoms with van der Waals surface area (Å²) in [4.78, 5) is 6.54. The SMILES string of the molecule is CC(CN(C)C)Nc1nccn1C1CC1. The van der Waals surface area contributed by atoms with E-state index in [9.17, 15) is 0 Å². The van der Waals surface area contributed by atoms with Crippen LogP contribution in [0.25, 0.3) is 0 Å². The molecule has 4 heteroatoms. The van der Waals surface area contributed by atoms with E-state index in [0.717, 1.165) is 12.5 Å². The zero-order valence-corrected chi connectivity index (χ0v) is 9.77. The van der Waals surface area contributed by atoms with Crippen LogP contribution in [0.15, 0.2) is 12.4 Å². The number of likely N-dealkylation sites (N-methyl/N-ethyl adjacent to an activating group) is 1. The first kappa shape index (κ1) is 10.5. The quantitative estimate of drug-likeness (QED) is 0.797. The molecule has 84 valence electrons. The van der Waals surface area contributed by atoms with Crippen LogP contribution in [0.3, 0.4) is 0 Å². The third-order valence-electron chi connectivity index (χ3n) is 2.62. The van der Waals surface area contributed by atoms with Crippen LogP contribution in [0.4, 0.5) is 5.95 Å². The Morgan fingerprint density at radius 3 is 2.93 bits per heavy atom. The van der Waals surface area contributed by atoms with Crippen molar-refractivity contribution in [2.45, 2.75) is 31.8 Å². The highest BCUT2D eigenvalue weighted by atomic mass is 15.2. The number of aromatic nitrogens is 2. The van der Waals surface area contributed by atoms with E-state index in [0.29, 0.717) is 12.1 Å². The molecule has 0 spiro atoms. The summed E-state index contributed by atoms with van der Waals surface area (Å²) in [7, 11) is 4.18. The topological polar surface area (TPSA) is 33.1 Å². The molecule has 1 aliphatic rings. The molecule has 15 heavy (non-hydrogen) atoms. The summed E-state index contributed by atoms with van der Waals surface area (Å²) in [6.45, 7) is 3.21. The Hall–Kier alpha value is -1.03. The first-order chi connectivity index (χ1) is 7.16. The fraction of sp³-hybridized carbons (Fsp3) is 0.727. The Bertz CT molecular complexity index is 314. The predicted octanol–water partition coefficient (Wildman–Crippen LogP) is 1.58. The highest BCUT2D eigenvalue weighted by Gasteiger charge is 2.25. The lowest BCUT2D eigenvalue weighted by molar-refractivity contribution is 0.391. The van der Waals surface area contributed by atoms with Gasteiger partial charge in [-0.25, -0.2) is 4.98 Å². The Kier molecular flexibility index (Phi) is 2.95. The molecule has 1 atom stereocenters. The Morgan fingerprint density at radius 1 is 1.60 bits per heavy atom. The highest BCUT2D eigenvalue weighted by Crippen LogP contribution is 2.36. The van der Waals surface area contributed by atoms with Crippen molar-refractivity contribution in [3.05, 3.63) is 12.4 Å². The van der Waals surface area contributed by atoms with Gasteiger partial charge in [0.05, 0.1) is 0 Å². The van der Waals surface area contributed by atoms with Gasteiger partial charge in [-0.1, -0.05) is 0 Å². The van der Waals surface area contributed by atoms with Gasteiger partial charge in [0.15, 0.2) is 0 Å². The number of hydrogen-bond acceptors (Lipinski definition) is 3. The van der Waals surface area contributed by atoms with Gasteiger partial charge in [-0.3, -0.25) is 0 Å². The summed E-state index contributed by atoms with van der Waals surface area (Å²) >= 11 is 0. The molecule has 1 fully saturated rings. The van der Waals surface area contributed by atoms with Gasteiger partial charge in [-0.15, -0.1) is 0 Å². The van der Waals surface area contributed by atoms with Crippen molar-refractivity contribution < 1.29 is 0 Å². The lowest BCUT2D eigenvalue weighted by atomic mass is 10.3. The maximum atomic E-state index is 4.36. The maximum Gasteiger partial charge on any atom is 0.203 e. The smallest absolute Gasteiger partial charge is 0.203 e. The van der Waals surface area contributed by atoms with E-state index in [-0.39, 0.29) is 0 Å². The largest absolute Gasteiger partial charge is 0.352 e. The summed E-state index contributed by atoms with van der Waals surface area (Å²) in [6, 6.07) is 1.13. The molecule has 1 saturated carbocycles. The van der Waals surface area contributed by atoms with Crippen molar-refractivity contribution in [2.75, 3.05) is 26.0 Å². The first-order valence-corrected chi connectivity index (χ1v) is 5.61. The number of imidazole rings is 1. The summed E-state index contributed by atoms with van der Waals surface area (Å²) in [5.41, 5.74) is 0. The van der Waals surface area contributed by atoms with E-state index in [1.165, 1.54) is 12.8 Å². The minimum Gasteiger partial charge on any atom is -0.352 e. The van der Waals surface area contributed by atoms with Crippen molar-refractivity contribution in [1.29, 1.82) is 0 Å². The zero-order chi connectivity index (χ0) is 10.8. The van der Waals surface area contributed by atoms with Crippen LogP contribution < -0.4 is 5.32 Å². The summed E-state index contributed by atoms with van der Waals surface area (Å²) in [6.07, 6.45) is 6.55. The molecular formula is C11H20N4. The molecule has 4 nitrogen and oxygen atoms in total. The van der Waals surface area contributed by atoms with Gasteiger partial charge in [0.2, 0.25) is 5.95 Å². The lowest BCUT2D eigenvalue weighted by Crippen LogP contribution is -2.30. The number of nitrogens with zero attached hydrogens (tertiary/aromatic N) is 3. The number of rotatable bonds is 5. The van der Waals surface area contributed by atoms with Gasteiger partial charge >= 0.3 is 0 Å². The van der Waals surface area contributed by atoms with Gasteiger partial charge in [0, 0.05) is 31.0 Å². The van der Waals surface area contributed by atoms with Gasteiger partial charge in [-0.05, 0) is 33.9 Å². The molecule has 1 heterocycles. The molecular weight excluding hydrogens is 188 g/mol. The van der Waals surface area contributed by atoms with Crippen LogP contribution in [0.1, 0.15) is 25.8 Å². The van der Waals surface area contributed by atoms with Crippen molar-refractivity contribution in [1.82, 2.24) is 14.5 Å². The fourth-order valence-corrected chi connectivity index (χ4v) is 1.89. The molecule has 0 radical (unpaired) electrons. The number of hydrogen-bond donors (Lipinski definition) is 1. The van der Waals surface area contributed by atoms with Crippen LogP contribution in [-0.4, -0.2) is 41.1 Å². The van der Waals surface area contributed by atoms with E-state index in [4.69, 9.17) is 0 Å². The van der Waals surface area contributed by atoms with Crippen molar-refractivity contribution >= 4 is 5.95 Å². The normalized spacial score (nSPS) is 18.1. The fourth-order valence-electron chi connectivity index (χ4n) is 1.89. The van der Waals surface area contributed by atoms with E-state index in [1.807, 2.05) is 6.20 Å². The minimum absolute atomic E-state index is 0.430. The van der Waals surface area contributed by atoms with E-state index < -0.39 is 0 Å². The average Bonchev–Trinajstić information content (AvgIpc) is 2.87. The second-order valence-corrected chi connectivity index (χ2v) is 4.70. The van der Waals surface area contributed by atoms with Crippen LogP contribution in [-0.2, 0) is 0 Å². The molecule has 0 aromatic carbocycles. The van der Waals surface area contributed by atoms with E-state index in [1.54, 1.807) is 0 Å². The van der Waals surface area contributed by atoms with Crippen LogP contribution in [0, 0.1) is 0 Å². The second kappa shape index (κ2) is 4.23. The summed E-state index contributed by atoms with van der Waals surface area (Å²) < 4.78 is 2.26. The third kappa shape index (κ3) is 2.72. The molecule has 0 amide bonds. The number of nitrogens with one attached hydrogen (secondary N) is 1.